The van der Waals surface area contributed by atoms with Crippen LogP contribution in [0.25, 0.3) is 11.3 Å². The maximum absolute atomic E-state index is 13.0. The van der Waals surface area contributed by atoms with Gasteiger partial charge in [0.1, 0.15) is 16.6 Å². The van der Waals surface area contributed by atoms with E-state index in [0.29, 0.717) is 0 Å². The van der Waals surface area contributed by atoms with Crippen molar-refractivity contribution in [1.29, 1.82) is 0 Å². The molecule has 114 valence electrons. The van der Waals surface area contributed by atoms with Gasteiger partial charge in [-0.25, -0.2) is 14.4 Å². The van der Waals surface area contributed by atoms with E-state index in [9.17, 15) is 4.39 Å². The average molecular weight is 316 g/mol. The Morgan fingerprint density at radius 1 is 1.23 bits per heavy atom. The lowest BCUT2D eigenvalue weighted by Crippen LogP contribution is -2.17. The molecule has 0 amide bonds. The van der Waals surface area contributed by atoms with Gasteiger partial charge in [-0.3, -0.25) is 4.90 Å². The summed E-state index contributed by atoms with van der Waals surface area (Å²) >= 11 is 1.62. The standard InChI is InChI=1S/C16H17FN4S/c1-11-7-18-15(19-11)8-21(2)9-16-20-14(10-22-16)12-3-5-13(17)6-4-12/h3-7,10H,8-9H2,1-2H3,(H,18,19). The molecule has 2 heterocycles. The van der Waals surface area contributed by atoms with E-state index in [1.165, 1.54) is 12.1 Å². The number of benzene rings is 1. The number of imidazole rings is 1. The molecule has 0 aliphatic heterocycles. The number of hydrogen-bond donors (Lipinski definition) is 1. The van der Waals surface area contributed by atoms with Gasteiger partial charge in [-0.15, -0.1) is 11.3 Å². The zero-order chi connectivity index (χ0) is 15.5. The van der Waals surface area contributed by atoms with Gasteiger partial charge in [-0.05, 0) is 38.2 Å². The second-order valence-electron chi connectivity index (χ2n) is 5.32. The number of halogens is 1. The zero-order valence-electron chi connectivity index (χ0n) is 12.5. The molecule has 0 bridgehead atoms. The predicted molar refractivity (Wildman–Crippen MR) is 86.0 cm³/mol. The SMILES string of the molecule is Cc1cnc(CN(C)Cc2nc(-c3ccc(F)cc3)cs2)[nH]1. The summed E-state index contributed by atoms with van der Waals surface area (Å²) in [5.74, 6) is 0.725. The van der Waals surface area contributed by atoms with E-state index < -0.39 is 0 Å². The first-order chi connectivity index (χ1) is 10.6. The van der Waals surface area contributed by atoms with Crippen LogP contribution >= 0.6 is 11.3 Å². The van der Waals surface area contributed by atoms with Crippen molar-refractivity contribution >= 4 is 11.3 Å². The molecule has 0 spiro atoms. The summed E-state index contributed by atoms with van der Waals surface area (Å²) in [5.41, 5.74) is 2.90. The molecule has 0 radical (unpaired) electrons. The third-order valence-electron chi connectivity index (χ3n) is 3.27. The van der Waals surface area contributed by atoms with E-state index in [4.69, 9.17) is 0 Å². The summed E-state index contributed by atoms with van der Waals surface area (Å²) in [5, 5.41) is 3.04. The molecule has 0 aliphatic rings. The molecule has 6 heteroatoms. The minimum absolute atomic E-state index is 0.229. The number of H-pyrrole nitrogens is 1. The van der Waals surface area contributed by atoms with Gasteiger partial charge in [0.25, 0.3) is 0 Å². The van der Waals surface area contributed by atoms with E-state index in [2.05, 4.69) is 19.9 Å². The van der Waals surface area contributed by atoms with Crippen molar-refractivity contribution < 1.29 is 4.39 Å². The molecule has 0 atom stereocenters. The minimum Gasteiger partial charge on any atom is -0.345 e. The van der Waals surface area contributed by atoms with Crippen molar-refractivity contribution in [3.63, 3.8) is 0 Å². The summed E-state index contributed by atoms with van der Waals surface area (Å²) < 4.78 is 13.0. The Hall–Kier alpha value is -2.05. The molecule has 0 aliphatic carbocycles. The highest BCUT2D eigenvalue weighted by Gasteiger charge is 2.09. The maximum Gasteiger partial charge on any atom is 0.123 e. The Kier molecular flexibility index (Phi) is 4.31. The first kappa shape index (κ1) is 14.9. The number of nitrogens with zero attached hydrogens (tertiary/aromatic N) is 3. The fraction of sp³-hybridized carbons (Fsp3) is 0.250. The number of aromatic nitrogens is 3. The second kappa shape index (κ2) is 6.37. The Morgan fingerprint density at radius 2 is 2.00 bits per heavy atom. The number of thiazole rings is 1. The van der Waals surface area contributed by atoms with Crippen molar-refractivity contribution in [2.24, 2.45) is 0 Å². The number of aryl methyl sites for hydroxylation is 1. The molecular formula is C16H17FN4S. The van der Waals surface area contributed by atoms with Crippen molar-refractivity contribution in [2.45, 2.75) is 20.0 Å². The molecule has 2 aromatic heterocycles. The van der Waals surface area contributed by atoms with Gasteiger partial charge < -0.3 is 4.98 Å². The van der Waals surface area contributed by atoms with E-state index in [-0.39, 0.29) is 5.82 Å². The fourth-order valence-corrected chi connectivity index (χ4v) is 3.11. The highest BCUT2D eigenvalue weighted by molar-refractivity contribution is 7.09. The van der Waals surface area contributed by atoms with Crippen LogP contribution in [0.5, 0.6) is 0 Å². The third-order valence-corrected chi connectivity index (χ3v) is 4.11. The van der Waals surface area contributed by atoms with Gasteiger partial charge in [-0.2, -0.15) is 0 Å². The second-order valence-corrected chi connectivity index (χ2v) is 6.26. The van der Waals surface area contributed by atoms with Gasteiger partial charge in [0, 0.05) is 22.8 Å². The highest BCUT2D eigenvalue weighted by Crippen LogP contribution is 2.23. The highest BCUT2D eigenvalue weighted by atomic mass is 32.1. The molecule has 1 aromatic carbocycles. The van der Waals surface area contributed by atoms with Crippen molar-refractivity contribution in [3.8, 4) is 11.3 Å². The van der Waals surface area contributed by atoms with Crippen LogP contribution in [0.3, 0.4) is 0 Å². The van der Waals surface area contributed by atoms with Crippen LogP contribution in [-0.2, 0) is 13.1 Å². The molecule has 1 N–H and O–H groups in total. The van der Waals surface area contributed by atoms with E-state index >= 15 is 0 Å². The van der Waals surface area contributed by atoms with Crippen LogP contribution in [-0.4, -0.2) is 26.9 Å². The molecule has 3 aromatic rings. The molecular weight excluding hydrogens is 299 g/mol. The van der Waals surface area contributed by atoms with Gasteiger partial charge in [0.15, 0.2) is 0 Å². The van der Waals surface area contributed by atoms with Gasteiger partial charge >= 0.3 is 0 Å². The van der Waals surface area contributed by atoms with Gasteiger partial charge in [0.05, 0.1) is 18.8 Å². The number of nitrogens with one attached hydrogen (secondary N) is 1. The Bertz CT molecular complexity index is 748. The summed E-state index contributed by atoms with van der Waals surface area (Å²) in [7, 11) is 2.04. The monoisotopic (exact) mass is 316 g/mol. The molecule has 0 saturated heterocycles. The Morgan fingerprint density at radius 3 is 2.68 bits per heavy atom. The largest absolute Gasteiger partial charge is 0.345 e. The summed E-state index contributed by atoms with van der Waals surface area (Å²) in [4.78, 5) is 14.3. The summed E-state index contributed by atoms with van der Waals surface area (Å²) in [6.45, 7) is 3.50. The molecule has 0 saturated carbocycles. The predicted octanol–water partition coefficient (Wildman–Crippen LogP) is 3.61. The van der Waals surface area contributed by atoms with Crippen LogP contribution in [0.2, 0.25) is 0 Å². The van der Waals surface area contributed by atoms with Crippen LogP contribution in [0.15, 0.2) is 35.8 Å². The topological polar surface area (TPSA) is 44.8 Å². The van der Waals surface area contributed by atoms with E-state index in [1.807, 2.05) is 25.5 Å². The Balaban J connectivity index is 1.65. The molecule has 0 fully saturated rings. The summed E-state index contributed by atoms with van der Waals surface area (Å²) in [6, 6.07) is 6.42. The van der Waals surface area contributed by atoms with Crippen LogP contribution < -0.4 is 0 Å². The van der Waals surface area contributed by atoms with Crippen LogP contribution in [0.4, 0.5) is 4.39 Å². The lowest BCUT2D eigenvalue weighted by atomic mass is 10.2. The van der Waals surface area contributed by atoms with E-state index in [1.54, 1.807) is 23.5 Å². The minimum atomic E-state index is -0.229. The fourth-order valence-electron chi connectivity index (χ4n) is 2.23. The molecule has 0 unspecified atom stereocenters. The molecule has 22 heavy (non-hydrogen) atoms. The first-order valence-electron chi connectivity index (χ1n) is 6.99. The van der Waals surface area contributed by atoms with Gasteiger partial charge in [0.2, 0.25) is 0 Å². The van der Waals surface area contributed by atoms with Crippen LogP contribution in [0, 0.1) is 12.7 Å². The van der Waals surface area contributed by atoms with Gasteiger partial charge in [-0.1, -0.05) is 0 Å². The number of rotatable bonds is 5. The normalized spacial score (nSPS) is 11.3. The maximum atomic E-state index is 13.0. The quantitative estimate of drug-likeness (QED) is 0.782. The van der Waals surface area contributed by atoms with Crippen molar-refractivity contribution in [3.05, 3.63) is 58.2 Å². The average Bonchev–Trinajstić information content (AvgIpc) is 3.09. The first-order valence-corrected chi connectivity index (χ1v) is 7.87. The van der Waals surface area contributed by atoms with Crippen molar-refractivity contribution in [1.82, 2.24) is 19.9 Å². The molecule has 4 nitrogen and oxygen atoms in total. The third kappa shape index (κ3) is 3.58. The van der Waals surface area contributed by atoms with Crippen molar-refractivity contribution in [2.75, 3.05) is 7.05 Å². The summed E-state index contributed by atoms with van der Waals surface area (Å²) in [6.07, 6.45) is 1.83. The van der Waals surface area contributed by atoms with Crippen LogP contribution in [0.1, 0.15) is 16.5 Å². The van der Waals surface area contributed by atoms with E-state index in [0.717, 1.165) is 40.9 Å². The molecule has 3 rings (SSSR count). The number of hydrogen-bond acceptors (Lipinski definition) is 4. The lowest BCUT2D eigenvalue weighted by Gasteiger charge is -2.12. The smallest absolute Gasteiger partial charge is 0.123 e. The number of aromatic amines is 1. The lowest BCUT2D eigenvalue weighted by molar-refractivity contribution is 0.311. The zero-order valence-corrected chi connectivity index (χ0v) is 13.3. The Labute approximate surface area is 132 Å².